The average Bonchev–Trinajstić information content (AvgIpc) is 1.89. The van der Waals surface area contributed by atoms with Crippen LogP contribution in [0.1, 0.15) is 6.42 Å². The summed E-state index contributed by atoms with van der Waals surface area (Å²) in [6, 6.07) is 0.156. The molecular formula is C6H14N2O. The van der Waals surface area contributed by atoms with Gasteiger partial charge in [-0.3, -0.25) is 0 Å². The first kappa shape index (κ1) is 6.99. The molecule has 0 aromatic carbocycles. The Kier molecular flexibility index (Phi) is 2.45. The first-order valence-electron chi connectivity index (χ1n) is 3.41. The number of rotatable bonds is 1. The zero-order valence-corrected chi connectivity index (χ0v) is 5.51. The second-order valence-corrected chi connectivity index (χ2v) is 2.60. The van der Waals surface area contributed by atoms with Crippen LogP contribution in [0, 0.1) is 5.92 Å². The van der Waals surface area contributed by atoms with Crippen molar-refractivity contribution < 1.29 is 5.11 Å². The molecule has 0 unspecified atom stereocenters. The van der Waals surface area contributed by atoms with Crippen molar-refractivity contribution in [3.05, 3.63) is 0 Å². The summed E-state index contributed by atoms with van der Waals surface area (Å²) in [4.78, 5) is 0. The van der Waals surface area contributed by atoms with E-state index in [9.17, 15) is 0 Å². The summed E-state index contributed by atoms with van der Waals surface area (Å²) in [5.74, 6) is 0.325. The second-order valence-electron chi connectivity index (χ2n) is 2.60. The standard InChI is InChI=1S/C6H14N2O/c7-6-3-8-2-1-5(6)4-9/h5-6,8-9H,1-4,7H2/t5-,6+/m0/s1. The number of nitrogens with one attached hydrogen (secondary N) is 1. The number of piperidine rings is 1. The molecule has 1 aliphatic rings. The Balaban J connectivity index is 2.30. The molecule has 1 aliphatic heterocycles. The normalized spacial score (nSPS) is 36.7. The largest absolute Gasteiger partial charge is 0.396 e. The lowest BCUT2D eigenvalue weighted by atomic mass is 9.95. The minimum atomic E-state index is 0.156. The van der Waals surface area contributed by atoms with Gasteiger partial charge in [0.15, 0.2) is 0 Å². The highest BCUT2D eigenvalue weighted by Gasteiger charge is 2.19. The van der Waals surface area contributed by atoms with Crippen molar-refractivity contribution in [1.29, 1.82) is 0 Å². The van der Waals surface area contributed by atoms with E-state index in [1.807, 2.05) is 0 Å². The highest BCUT2D eigenvalue weighted by Crippen LogP contribution is 2.08. The van der Waals surface area contributed by atoms with Crippen LogP contribution in [0.3, 0.4) is 0 Å². The third-order valence-electron chi connectivity index (χ3n) is 1.91. The number of aliphatic hydroxyl groups excluding tert-OH is 1. The fourth-order valence-corrected chi connectivity index (χ4v) is 1.16. The first-order chi connectivity index (χ1) is 4.34. The zero-order chi connectivity index (χ0) is 6.69. The number of hydrogen-bond donors (Lipinski definition) is 3. The van der Waals surface area contributed by atoms with Crippen LogP contribution < -0.4 is 11.1 Å². The van der Waals surface area contributed by atoms with Gasteiger partial charge < -0.3 is 16.2 Å². The van der Waals surface area contributed by atoms with Gasteiger partial charge in [0, 0.05) is 19.2 Å². The summed E-state index contributed by atoms with van der Waals surface area (Å²) in [7, 11) is 0. The molecule has 1 saturated heterocycles. The second kappa shape index (κ2) is 3.15. The van der Waals surface area contributed by atoms with E-state index < -0.39 is 0 Å². The highest BCUT2D eigenvalue weighted by atomic mass is 16.3. The Labute approximate surface area is 55.2 Å². The van der Waals surface area contributed by atoms with Gasteiger partial charge in [-0.25, -0.2) is 0 Å². The molecular weight excluding hydrogens is 116 g/mol. The van der Waals surface area contributed by atoms with Gasteiger partial charge in [0.1, 0.15) is 0 Å². The number of aliphatic hydroxyl groups is 1. The van der Waals surface area contributed by atoms with Crippen LogP contribution in [0.4, 0.5) is 0 Å². The van der Waals surface area contributed by atoms with Crippen LogP contribution in [-0.2, 0) is 0 Å². The summed E-state index contributed by atoms with van der Waals surface area (Å²) >= 11 is 0. The summed E-state index contributed by atoms with van der Waals surface area (Å²) in [5, 5.41) is 11.9. The summed E-state index contributed by atoms with van der Waals surface area (Å²) < 4.78 is 0. The van der Waals surface area contributed by atoms with Crippen molar-refractivity contribution in [2.75, 3.05) is 19.7 Å². The molecule has 3 heteroatoms. The smallest absolute Gasteiger partial charge is 0.0475 e. The Hall–Kier alpha value is -0.120. The van der Waals surface area contributed by atoms with Crippen LogP contribution in [0.15, 0.2) is 0 Å². The molecule has 9 heavy (non-hydrogen) atoms. The Bertz CT molecular complexity index is 87.1. The molecule has 1 heterocycles. The lowest BCUT2D eigenvalue weighted by Crippen LogP contribution is -2.47. The van der Waals surface area contributed by atoms with Gasteiger partial charge in [0.05, 0.1) is 0 Å². The van der Waals surface area contributed by atoms with Gasteiger partial charge in [-0.1, -0.05) is 0 Å². The number of nitrogens with two attached hydrogens (primary N) is 1. The maximum absolute atomic E-state index is 8.75. The predicted octanol–water partition coefficient (Wildman–Crippen LogP) is -1.08. The van der Waals surface area contributed by atoms with Gasteiger partial charge >= 0.3 is 0 Å². The van der Waals surface area contributed by atoms with Crippen molar-refractivity contribution in [2.24, 2.45) is 11.7 Å². The molecule has 0 radical (unpaired) electrons. The maximum Gasteiger partial charge on any atom is 0.0475 e. The predicted molar refractivity (Wildman–Crippen MR) is 36.0 cm³/mol. The van der Waals surface area contributed by atoms with Gasteiger partial charge in [0.2, 0.25) is 0 Å². The SMILES string of the molecule is N[C@@H]1CNCC[C@H]1CO. The van der Waals surface area contributed by atoms with E-state index in [2.05, 4.69) is 5.32 Å². The fourth-order valence-electron chi connectivity index (χ4n) is 1.16. The first-order valence-corrected chi connectivity index (χ1v) is 3.41. The summed E-state index contributed by atoms with van der Waals surface area (Å²) in [6.45, 7) is 2.09. The number of hydrogen-bond acceptors (Lipinski definition) is 3. The molecule has 3 nitrogen and oxygen atoms in total. The molecule has 0 spiro atoms. The van der Waals surface area contributed by atoms with E-state index in [0.717, 1.165) is 19.5 Å². The van der Waals surface area contributed by atoms with E-state index in [1.54, 1.807) is 0 Å². The molecule has 0 aromatic heterocycles. The summed E-state index contributed by atoms with van der Waals surface area (Å²) in [5.41, 5.74) is 5.67. The van der Waals surface area contributed by atoms with E-state index in [4.69, 9.17) is 10.8 Å². The minimum Gasteiger partial charge on any atom is -0.396 e. The third-order valence-corrected chi connectivity index (χ3v) is 1.91. The summed E-state index contributed by atoms with van der Waals surface area (Å²) in [6.07, 6.45) is 1.01. The van der Waals surface area contributed by atoms with Crippen molar-refractivity contribution in [3.63, 3.8) is 0 Å². The van der Waals surface area contributed by atoms with Crippen molar-refractivity contribution in [2.45, 2.75) is 12.5 Å². The topological polar surface area (TPSA) is 58.3 Å². The molecule has 0 aliphatic carbocycles. The van der Waals surface area contributed by atoms with Crippen LogP contribution >= 0.6 is 0 Å². The van der Waals surface area contributed by atoms with Crippen LogP contribution in [0.5, 0.6) is 0 Å². The van der Waals surface area contributed by atoms with Gasteiger partial charge in [-0.15, -0.1) is 0 Å². The molecule has 2 atom stereocenters. The molecule has 1 rings (SSSR count). The van der Waals surface area contributed by atoms with Gasteiger partial charge in [-0.05, 0) is 18.9 Å². The lowest BCUT2D eigenvalue weighted by Gasteiger charge is -2.27. The van der Waals surface area contributed by atoms with E-state index in [1.165, 1.54) is 0 Å². The molecule has 0 amide bonds. The van der Waals surface area contributed by atoms with Crippen molar-refractivity contribution >= 4 is 0 Å². The molecule has 0 bridgehead atoms. The average molecular weight is 130 g/mol. The molecule has 0 saturated carbocycles. The van der Waals surface area contributed by atoms with Gasteiger partial charge in [-0.2, -0.15) is 0 Å². The van der Waals surface area contributed by atoms with E-state index in [0.29, 0.717) is 5.92 Å². The van der Waals surface area contributed by atoms with E-state index in [-0.39, 0.29) is 12.6 Å². The Morgan fingerprint density at radius 1 is 1.67 bits per heavy atom. The van der Waals surface area contributed by atoms with Gasteiger partial charge in [0.25, 0.3) is 0 Å². The maximum atomic E-state index is 8.75. The highest BCUT2D eigenvalue weighted by molar-refractivity contribution is 4.79. The molecule has 1 fully saturated rings. The lowest BCUT2D eigenvalue weighted by molar-refractivity contribution is 0.178. The van der Waals surface area contributed by atoms with Crippen LogP contribution in [0.25, 0.3) is 0 Å². The zero-order valence-electron chi connectivity index (χ0n) is 5.51. The molecule has 4 N–H and O–H groups in total. The van der Waals surface area contributed by atoms with Crippen molar-refractivity contribution in [1.82, 2.24) is 5.32 Å². The Morgan fingerprint density at radius 2 is 2.44 bits per heavy atom. The molecule has 0 aromatic rings. The van der Waals surface area contributed by atoms with Crippen LogP contribution in [-0.4, -0.2) is 30.8 Å². The monoisotopic (exact) mass is 130 g/mol. The minimum absolute atomic E-state index is 0.156. The third kappa shape index (κ3) is 1.64. The fraction of sp³-hybridized carbons (Fsp3) is 1.00. The van der Waals surface area contributed by atoms with Crippen LogP contribution in [0.2, 0.25) is 0 Å². The van der Waals surface area contributed by atoms with Crippen molar-refractivity contribution in [3.8, 4) is 0 Å². The molecule has 54 valence electrons. The van der Waals surface area contributed by atoms with E-state index >= 15 is 0 Å². The quantitative estimate of drug-likeness (QED) is 0.423. The Morgan fingerprint density at radius 3 is 2.89 bits per heavy atom.